The van der Waals surface area contributed by atoms with E-state index in [1.54, 1.807) is 5.57 Å². The summed E-state index contributed by atoms with van der Waals surface area (Å²) < 4.78 is 21.7. The van der Waals surface area contributed by atoms with Gasteiger partial charge >= 0.3 is 5.97 Å². The van der Waals surface area contributed by atoms with Crippen LogP contribution in [0.3, 0.4) is 0 Å². The van der Waals surface area contributed by atoms with E-state index in [1.165, 1.54) is 12.8 Å². The number of carboxylic acid groups (broad SMARTS) is 1. The normalized spacial score (nSPS) is 40.9. The summed E-state index contributed by atoms with van der Waals surface area (Å²) in [7, 11) is -1.81. The predicted octanol–water partition coefficient (Wildman–Crippen LogP) is 8.67. The number of allylic oxidation sites excluding steroid dienone is 2. The molecule has 0 radical (unpaired) electrons. The Morgan fingerprint density at radius 3 is 2.37 bits per heavy atom. The number of carbonyl (C=O) groups is 1. The summed E-state index contributed by atoms with van der Waals surface area (Å²) in [5.74, 6) is -0.225. The summed E-state index contributed by atoms with van der Waals surface area (Å²) in [6, 6.07) is 0. The molecule has 0 saturated heterocycles. The molecule has 3 nitrogen and oxygen atoms in total. The SMILES string of the molecule is CCCC1C=C2CC(O[Si](C)(C)C(C)(C)C)CC[C@]2(C)[C@H]2CC[C@]3(C)/C(=C(\F)C(=O)O)CC[C@H]3[C@H]12. The van der Waals surface area contributed by atoms with Gasteiger partial charge in [0.25, 0.3) is 0 Å². The largest absolute Gasteiger partial charge is 0.476 e. The minimum Gasteiger partial charge on any atom is -0.476 e. The van der Waals surface area contributed by atoms with Crippen LogP contribution in [-0.4, -0.2) is 25.5 Å². The van der Waals surface area contributed by atoms with Crippen LogP contribution in [0.4, 0.5) is 4.39 Å². The van der Waals surface area contributed by atoms with Crippen LogP contribution in [0.15, 0.2) is 23.0 Å². The molecule has 1 N–H and O–H groups in total. The number of aliphatic carboxylic acids is 1. The van der Waals surface area contributed by atoms with Crippen LogP contribution in [0.2, 0.25) is 18.1 Å². The average Bonchev–Trinajstić information content (AvgIpc) is 3.10. The molecule has 0 amide bonds. The number of carboxylic acids is 1. The van der Waals surface area contributed by atoms with Crippen LogP contribution in [0, 0.1) is 34.5 Å². The number of hydrogen-bond acceptors (Lipinski definition) is 2. The number of fused-ring (bicyclic) bond motifs is 5. The molecular weight excluding hydrogens is 455 g/mol. The van der Waals surface area contributed by atoms with Gasteiger partial charge < -0.3 is 9.53 Å². The Labute approximate surface area is 214 Å². The number of rotatable bonds is 5. The molecule has 35 heavy (non-hydrogen) atoms. The molecule has 0 bridgehead atoms. The van der Waals surface area contributed by atoms with Crippen molar-refractivity contribution in [3.8, 4) is 0 Å². The molecule has 4 aliphatic rings. The third-order valence-electron chi connectivity index (χ3n) is 11.4. The van der Waals surface area contributed by atoms with E-state index in [-0.39, 0.29) is 15.9 Å². The predicted molar refractivity (Wildman–Crippen MR) is 143 cm³/mol. The van der Waals surface area contributed by atoms with Crippen molar-refractivity contribution in [1.82, 2.24) is 0 Å². The standard InChI is InChI=1S/C30H49FO3Si/c1-9-10-19-17-20-18-21(34-35(7,8)28(2,3)4)13-15-29(20,5)23-14-16-30(6)22(25(19)23)11-12-24(30)26(31)27(32)33/h17,19,21-23,25H,9-16,18H2,1-8H3,(H,32,33)/b26-24-/t19?,21?,22-,23-,25-,29-,30-/m0/s1. The van der Waals surface area contributed by atoms with Gasteiger partial charge in [0.15, 0.2) is 8.32 Å². The lowest BCUT2D eigenvalue weighted by molar-refractivity contribution is -0.134. The van der Waals surface area contributed by atoms with Crippen LogP contribution < -0.4 is 0 Å². The van der Waals surface area contributed by atoms with Crippen LogP contribution in [0.5, 0.6) is 0 Å². The van der Waals surface area contributed by atoms with E-state index in [1.807, 2.05) is 0 Å². The summed E-state index contributed by atoms with van der Waals surface area (Å²) in [5, 5.41) is 9.63. The zero-order chi connectivity index (χ0) is 26.0. The van der Waals surface area contributed by atoms with Crippen molar-refractivity contribution in [2.24, 2.45) is 34.5 Å². The summed E-state index contributed by atoms with van der Waals surface area (Å²) in [4.78, 5) is 11.5. The van der Waals surface area contributed by atoms with Crippen molar-refractivity contribution in [3.63, 3.8) is 0 Å². The van der Waals surface area contributed by atoms with Gasteiger partial charge in [-0.05, 0) is 110 Å². The Balaban J connectivity index is 1.66. The van der Waals surface area contributed by atoms with Gasteiger partial charge in [-0.15, -0.1) is 0 Å². The van der Waals surface area contributed by atoms with Gasteiger partial charge in [-0.25, -0.2) is 4.79 Å². The quantitative estimate of drug-likeness (QED) is 0.231. The van der Waals surface area contributed by atoms with E-state index < -0.39 is 20.1 Å². The first-order valence-corrected chi connectivity index (χ1v) is 17.1. The van der Waals surface area contributed by atoms with Gasteiger partial charge in [0.1, 0.15) is 0 Å². The van der Waals surface area contributed by atoms with Crippen LogP contribution in [0.25, 0.3) is 0 Å². The maximum Gasteiger partial charge on any atom is 0.364 e. The number of hydrogen-bond donors (Lipinski definition) is 1. The second-order valence-corrected chi connectivity index (χ2v) is 18.9. The topological polar surface area (TPSA) is 46.5 Å². The molecular formula is C30H49FO3Si. The lowest BCUT2D eigenvalue weighted by Crippen LogP contribution is -2.53. The van der Waals surface area contributed by atoms with Gasteiger partial charge in [0.2, 0.25) is 5.83 Å². The highest BCUT2D eigenvalue weighted by Crippen LogP contribution is 2.68. The summed E-state index contributed by atoms with van der Waals surface area (Å²) in [6.45, 7) is 18.7. The molecule has 0 heterocycles. The third-order valence-corrected chi connectivity index (χ3v) is 15.9. The maximum atomic E-state index is 14.8. The molecule has 4 rings (SSSR count). The van der Waals surface area contributed by atoms with Crippen molar-refractivity contribution in [2.45, 2.75) is 124 Å². The lowest BCUT2D eigenvalue weighted by atomic mass is 9.45. The van der Waals surface area contributed by atoms with Crippen molar-refractivity contribution < 1.29 is 18.7 Å². The summed E-state index contributed by atoms with van der Waals surface area (Å²) in [6.07, 6.45) is 12.2. The highest BCUT2D eigenvalue weighted by Gasteiger charge is 2.60. The van der Waals surface area contributed by atoms with Gasteiger partial charge in [0, 0.05) is 6.10 Å². The monoisotopic (exact) mass is 504 g/mol. The Morgan fingerprint density at radius 2 is 1.77 bits per heavy atom. The fourth-order valence-electron chi connectivity index (χ4n) is 8.40. The molecule has 0 spiro atoms. The van der Waals surface area contributed by atoms with Gasteiger partial charge in [-0.3, -0.25) is 0 Å². The van der Waals surface area contributed by atoms with E-state index in [0.29, 0.717) is 41.8 Å². The maximum absolute atomic E-state index is 14.8. The van der Waals surface area contributed by atoms with Gasteiger partial charge in [-0.1, -0.05) is 59.6 Å². The van der Waals surface area contributed by atoms with E-state index in [9.17, 15) is 14.3 Å². The Bertz CT molecular complexity index is 915. The van der Waals surface area contributed by atoms with E-state index >= 15 is 0 Å². The van der Waals surface area contributed by atoms with E-state index in [0.717, 1.165) is 38.5 Å². The zero-order valence-electron chi connectivity index (χ0n) is 23.5. The number of halogens is 1. The fourth-order valence-corrected chi connectivity index (χ4v) is 9.78. The van der Waals surface area contributed by atoms with Crippen molar-refractivity contribution in [1.29, 1.82) is 0 Å². The first-order chi connectivity index (χ1) is 16.2. The molecule has 3 saturated carbocycles. The van der Waals surface area contributed by atoms with E-state index in [2.05, 4.69) is 60.7 Å². The second-order valence-electron chi connectivity index (χ2n) is 14.2. The van der Waals surface area contributed by atoms with Crippen LogP contribution >= 0.6 is 0 Å². The molecule has 0 aromatic heterocycles. The molecule has 198 valence electrons. The van der Waals surface area contributed by atoms with Crippen molar-refractivity contribution in [3.05, 3.63) is 23.0 Å². The minimum atomic E-state index is -1.81. The first kappa shape index (κ1) is 27.1. The molecule has 0 aromatic rings. The fraction of sp³-hybridized carbons (Fsp3) is 0.833. The van der Waals surface area contributed by atoms with Crippen LogP contribution in [0.1, 0.15) is 99.3 Å². The molecule has 2 unspecified atom stereocenters. The average molecular weight is 505 g/mol. The molecule has 5 heteroatoms. The molecule has 3 fully saturated rings. The highest BCUT2D eigenvalue weighted by molar-refractivity contribution is 6.74. The molecule has 4 aliphatic carbocycles. The van der Waals surface area contributed by atoms with E-state index in [4.69, 9.17) is 4.43 Å². The second kappa shape index (κ2) is 9.11. The third kappa shape index (κ3) is 4.41. The molecule has 7 atom stereocenters. The first-order valence-electron chi connectivity index (χ1n) is 14.2. The Morgan fingerprint density at radius 1 is 1.14 bits per heavy atom. The van der Waals surface area contributed by atoms with Crippen molar-refractivity contribution in [2.75, 3.05) is 0 Å². The minimum absolute atomic E-state index is 0.196. The Kier molecular flexibility index (Phi) is 7.06. The Hall–Kier alpha value is -0.943. The van der Waals surface area contributed by atoms with Gasteiger partial charge in [0.05, 0.1) is 0 Å². The van der Waals surface area contributed by atoms with Gasteiger partial charge in [-0.2, -0.15) is 4.39 Å². The van der Waals surface area contributed by atoms with Crippen LogP contribution in [-0.2, 0) is 9.22 Å². The van der Waals surface area contributed by atoms with Crippen molar-refractivity contribution >= 4 is 14.3 Å². The zero-order valence-corrected chi connectivity index (χ0v) is 24.5. The summed E-state index contributed by atoms with van der Waals surface area (Å²) >= 11 is 0. The lowest BCUT2D eigenvalue weighted by Gasteiger charge is -2.60. The molecule has 0 aliphatic heterocycles. The summed E-state index contributed by atoms with van der Waals surface area (Å²) in [5.41, 5.74) is 2.11. The molecule has 0 aromatic carbocycles. The smallest absolute Gasteiger partial charge is 0.364 e. The highest BCUT2D eigenvalue weighted by atomic mass is 28.4.